The summed E-state index contributed by atoms with van der Waals surface area (Å²) in [5.41, 5.74) is 5.87. The zero-order valence-electron chi connectivity index (χ0n) is 11.2. The van der Waals surface area contributed by atoms with Gasteiger partial charge < -0.3 is 21.5 Å². The van der Waals surface area contributed by atoms with E-state index in [0.29, 0.717) is 12.1 Å². The van der Waals surface area contributed by atoms with Crippen molar-refractivity contribution in [1.29, 1.82) is 0 Å². The number of nitrogens with zero attached hydrogens (tertiary/aromatic N) is 1. The number of hydrogen-bond donors (Lipinski definition) is 4. The first kappa shape index (κ1) is 15.0. The fourth-order valence-electron chi connectivity index (χ4n) is 1.67. The van der Waals surface area contributed by atoms with E-state index in [4.69, 9.17) is 5.73 Å². The van der Waals surface area contributed by atoms with Crippen LogP contribution < -0.4 is 16.4 Å². The van der Waals surface area contributed by atoms with Crippen molar-refractivity contribution in [3.8, 4) is 5.75 Å². The Morgan fingerprint density at radius 2 is 2.00 bits per heavy atom. The van der Waals surface area contributed by atoms with Crippen molar-refractivity contribution in [2.75, 3.05) is 10.6 Å². The van der Waals surface area contributed by atoms with E-state index in [1.807, 2.05) is 0 Å². The Morgan fingerprint density at radius 3 is 2.59 bits per heavy atom. The number of nitrogens with two attached hydrogens (primary N) is 1. The molecule has 0 saturated carbocycles. The first-order valence-corrected chi connectivity index (χ1v) is 6.11. The van der Waals surface area contributed by atoms with Crippen LogP contribution in [0.2, 0.25) is 0 Å². The molecule has 0 aliphatic carbocycles. The predicted molar refractivity (Wildman–Crippen MR) is 78.5 cm³/mol. The molecule has 3 amide bonds. The average molecular weight is 300 g/mol. The highest BCUT2D eigenvalue weighted by molar-refractivity contribution is 6.04. The first-order valence-electron chi connectivity index (χ1n) is 6.11. The summed E-state index contributed by atoms with van der Waals surface area (Å²) in [5, 5.41) is 14.4. The van der Waals surface area contributed by atoms with Gasteiger partial charge in [0.15, 0.2) is 0 Å². The third-order valence-electron chi connectivity index (χ3n) is 2.75. The van der Waals surface area contributed by atoms with Crippen molar-refractivity contribution < 1.29 is 19.5 Å². The molecule has 0 spiro atoms. The smallest absolute Gasteiger partial charge is 0.267 e. The fraction of sp³-hybridized carbons (Fsp3) is 0. The second-order valence-corrected chi connectivity index (χ2v) is 4.24. The van der Waals surface area contributed by atoms with Gasteiger partial charge in [-0.15, -0.1) is 0 Å². The molecule has 0 radical (unpaired) electrons. The van der Waals surface area contributed by atoms with Gasteiger partial charge in [-0.2, -0.15) is 0 Å². The van der Waals surface area contributed by atoms with Gasteiger partial charge in [0.1, 0.15) is 11.4 Å². The minimum absolute atomic E-state index is 0.0543. The number of carbonyl (C=O) groups excluding carboxylic acids is 3. The van der Waals surface area contributed by atoms with Crippen LogP contribution in [0.3, 0.4) is 0 Å². The number of phenolic OH excluding ortho intramolecular Hbond substituents is 1. The average Bonchev–Trinajstić information content (AvgIpc) is 2.51. The van der Waals surface area contributed by atoms with Crippen molar-refractivity contribution in [3.05, 3.63) is 47.8 Å². The molecule has 1 heterocycles. The van der Waals surface area contributed by atoms with Crippen molar-refractivity contribution in [2.45, 2.75) is 0 Å². The molecule has 2 rings (SSSR count). The third-order valence-corrected chi connectivity index (χ3v) is 2.75. The normalized spacial score (nSPS) is 9.82. The second-order valence-electron chi connectivity index (χ2n) is 4.24. The lowest BCUT2D eigenvalue weighted by Crippen LogP contribution is -2.16. The lowest BCUT2D eigenvalue weighted by atomic mass is 10.2. The minimum atomic E-state index is -0.685. The molecule has 22 heavy (non-hydrogen) atoms. The highest BCUT2D eigenvalue weighted by Crippen LogP contribution is 2.26. The van der Waals surface area contributed by atoms with Crippen LogP contribution in [0.15, 0.2) is 36.5 Å². The van der Waals surface area contributed by atoms with E-state index in [-0.39, 0.29) is 22.7 Å². The molecule has 112 valence electrons. The molecule has 8 nitrogen and oxygen atoms in total. The van der Waals surface area contributed by atoms with E-state index in [1.54, 1.807) is 0 Å². The van der Waals surface area contributed by atoms with Gasteiger partial charge in [-0.25, -0.2) is 0 Å². The zero-order valence-corrected chi connectivity index (χ0v) is 11.2. The maximum atomic E-state index is 12.0. The molecule has 0 aliphatic heterocycles. The number of amides is 3. The Hall–Kier alpha value is -3.42. The number of anilines is 2. The van der Waals surface area contributed by atoms with Gasteiger partial charge in [0.2, 0.25) is 6.41 Å². The van der Waals surface area contributed by atoms with Crippen molar-refractivity contribution >= 4 is 29.6 Å². The number of rotatable bonds is 5. The van der Waals surface area contributed by atoms with Crippen LogP contribution in [-0.2, 0) is 4.79 Å². The number of aromatic nitrogens is 1. The van der Waals surface area contributed by atoms with Crippen LogP contribution in [0.25, 0.3) is 0 Å². The molecular weight excluding hydrogens is 288 g/mol. The predicted octanol–water partition coefficient (Wildman–Crippen LogP) is 0.707. The molecule has 0 unspecified atom stereocenters. The Labute approximate surface area is 125 Å². The first-order chi connectivity index (χ1) is 10.5. The van der Waals surface area contributed by atoms with Crippen LogP contribution in [0, 0.1) is 0 Å². The number of aromatic hydroxyl groups is 1. The standard InChI is InChI=1S/C14H12N4O4/c15-13(21)10-3-1-8(6-16-10)14(22)18-9-2-4-12(20)11(5-9)17-7-19/h1-7,20H,(H2,15,21)(H,17,19)(H,18,22). The Balaban J connectivity index is 2.16. The highest BCUT2D eigenvalue weighted by Gasteiger charge is 2.10. The van der Waals surface area contributed by atoms with Crippen molar-refractivity contribution in [2.24, 2.45) is 5.73 Å². The van der Waals surface area contributed by atoms with Crippen molar-refractivity contribution in [3.63, 3.8) is 0 Å². The largest absolute Gasteiger partial charge is 0.506 e. The van der Waals surface area contributed by atoms with Gasteiger partial charge in [-0.1, -0.05) is 0 Å². The van der Waals surface area contributed by atoms with E-state index in [9.17, 15) is 19.5 Å². The molecule has 1 aromatic carbocycles. The van der Waals surface area contributed by atoms with E-state index in [0.717, 1.165) is 0 Å². The lowest BCUT2D eigenvalue weighted by Gasteiger charge is -2.08. The fourth-order valence-corrected chi connectivity index (χ4v) is 1.67. The Morgan fingerprint density at radius 1 is 1.23 bits per heavy atom. The molecule has 0 fully saturated rings. The Kier molecular flexibility index (Phi) is 4.33. The number of nitrogens with one attached hydrogen (secondary N) is 2. The number of phenols is 1. The quantitative estimate of drug-likeness (QED) is 0.366. The van der Waals surface area contributed by atoms with Crippen LogP contribution in [0.4, 0.5) is 11.4 Å². The summed E-state index contributed by atoms with van der Waals surface area (Å²) >= 11 is 0. The van der Waals surface area contributed by atoms with Crippen LogP contribution >= 0.6 is 0 Å². The van der Waals surface area contributed by atoms with Gasteiger partial charge in [-0.05, 0) is 30.3 Å². The summed E-state index contributed by atoms with van der Waals surface area (Å²) in [7, 11) is 0. The van der Waals surface area contributed by atoms with Gasteiger partial charge in [0, 0.05) is 11.9 Å². The zero-order chi connectivity index (χ0) is 16.1. The highest BCUT2D eigenvalue weighted by atomic mass is 16.3. The van der Waals surface area contributed by atoms with Gasteiger partial charge >= 0.3 is 0 Å². The molecule has 0 atom stereocenters. The summed E-state index contributed by atoms with van der Waals surface area (Å²) in [6.07, 6.45) is 1.63. The van der Waals surface area contributed by atoms with Gasteiger partial charge in [0.25, 0.3) is 11.8 Å². The molecule has 1 aromatic heterocycles. The molecule has 0 saturated heterocycles. The van der Waals surface area contributed by atoms with Crippen LogP contribution in [-0.4, -0.2) is 28.3 Å². The van der Waals surface area contributed by atoms with E-state index in [2.05, 4.69) is 15.6 Å². The topological polar surface area (TPSA) is 134 Å². The van der Waals surface area contributed by atoms with Crippen LogP contribution in [0.5, 0.6) is 5.75 Å². The summed E-state index contributed by atoms with van der Waals surface area (Å²) in [5.74, 6) is -1.28. The molecule has 0 bridgehead atoms. The Bertz CT molecular complexity index is 728. The van der Waals surface area contributed by atoms with Crippen LogP contribution in [0.1, 0.15) is 20.8 Å². The second kappa shape index (κ2) is 6.35. The summed E-state index contributed by atoms with van der Waals surface area (Å²) in [6, 6.07) is 6.94. The number of hydrogen-bond acceptors (Lipinski definition) is 5. The summed E-state index contributed by atoms with van der Waals surface area (Å²) in [6.45, 7) is 0. The molecule has 5 N–H and O–H groups in total. The monoisotopic (exact) mass is 300 g/mol. The molecule has 0 aliphatic rings. The van der Waals surface area contributed by atoms with E-state index >= 15 is 0 Å². The number of benzene rings is 1. The number of carbonyl (C=O) groups is 3. The van der Waals surface area contributed by atoms with E-state index < -0.39 is 11.8 Å². The molecule has 2 aromatic rings. The lowest BCUT2D eigenvalue weighted by molar-refractivity contribution is -0.105. The number of pyridine rings is 1. The van der Waals surface area contributed by atoms with Crippen molar-refractivity contribution in [1.82, 2.24) is 4.98 Å². The minimum Gasteiger partial charge on any atom is -0.506 e. The van der Waals surface area contributed by atoms with Gasteiger partial charge in [0.05, 0.1) is 11.3 Å². The third kappa shape index (κ3) is 3.37. The maximum absolute atomic E-state index is 12.0. The molecular formula is C14H12N4O4. The molecule has 8 heteroatoms. The van der Waals surface area contributed by atoms with E-state index in [1.165, 1.54) is 36.5 Å². The maximum Gasteiger partial charge on any atom is 0.267 e. The SMILES string of the molecule is NC(=O)c1ccc(C(=O)Nc2ccc(O)c(NC=O)c2)cn1. The van der Waals surface area contributed by atoms with Gasteiger partial charge in [-0.3, -0.25) is 19.4 Å². The summed E-state index contributed by atoms with van der Waals surface area (Å²) < 4.78 is 0. The number of primary amides is 1. The summed E-state index contributed by atoms with van der Waals surface area (Å²) in [4.78, 5) is 37.1.